The molecule has 0 bridgehead atoms. The second kappa shape index (κ2) is 7.34. The second-order valence-corrected chi connectivity index (χ2v) is 4.46. The number of hydrogen-bond acceptors (Lipinski definition) is 2. The topological polar surface area (TPSA) is 46.3 Å². The lowest BCUT2D eigenvalue weighted by Crippen LogP contribution is -2.33. The third-order valence-corrected chi connectivity index (χ3v) is 2.97. The summed E-state index contributed by atoms with van der Waals surface area (Å²) in [7, 11) is 0. The van der Waals surface area contributed by atoms with Crippen LogP contribution in [0, 0.1) is 5.82 Å². The summed E-state index contributed by atoms with van der Waals surface area (Å²) in [5.41, 5.74) is 5.73. The van der Waals surface area contributed by atoms with Gasteiger partial charge in [0.1, 0.15) is 5.82 Å². The molecule has 0 saturated heterocycles. The average molecular weight is 273 g/mol. The van der Waals surface area contributed by atoms with Crippen molar-refractivity contribution in [3.8, 4) is 0 Å². The minimum atomic E-state index is -0.385. The van der Waals surface area contributed by atoms with Crippen LogP contribution in [0.1, 0.15) is 25.3 Å². The molecule has 1 aromatic carbocycles. The Balaban J connectivity index is 2.86. The van der Waals surface area contributed by atoms with Gasteiger partial charge in [0.2, 0.25) is 5.91 Å². The predicted octanol–water partition coefficient (Wildman–Crippen LogP) is 2.57. The Morgan fingerprint density at radius 3 is 2.78 bits per heavy atom. The normalized spacial score (nSPS) is 10.4. The quantitative estimate of drug-likeness (QED) is 0.865. The van der Waals surface area contributed by atoms with E-state index in [-0.39, 0.29) is 24.7 Å². The van der Waals surface area contributed by atoms with Gasteiger partial charge < -0.3 is 10.6 Å². The molecule has 0 heterocycles. The number of carbonyl (C=O) groups excluding carboxylic acids is 1. The van der Waals surface area contributed by atoms with Crippen molar-refractivity contribution in [1.82, 2.24) is 4.90 Å². The van der Waals surface area contributed by atoms with Crippen LogP contribution in [0.15, 0.2) is 18.2 Å². The number of halogens is 2. The first kappa shape index (κ1) is 14.9. The number of carbonyl (C=O) groups is 1. The number of hydrogen-bond donors (Lipinski definition) is 1. The molecule has 0 atom stereocenters. The van der Waals surface area contributed by atoms with Crippen molar-refractivity contribution in [2.75, 3.05) is 13.1 Å². The minimum absolute atomic E-state index is 0.0707. The molecule has 1 aromatic rings. The van der Waals surface area contributed by atoms with Crippen LogP contribution >= 0.6 is 11.6 Å². The summed E-state index contributed by atoms with van der Waals surface area (Å²) in [6, 6.07) is 4.52. The first-order valence-corrected chi connectivity index (χ1v) is 6.38. The maximum atomic E-state index is 13.7. The van der Waals surface area contributed by atoms with Crippen LogP contribution in [0.3, 0.4) is 0 Å². The predicted molar refractivity (Wildman–Crippen MR) is 70.8 cm³/mol. The zero-order valence-electron chi connectivity index (χ0n) is 10.5. The van der Waals surface area contributed by atoms with E-state index in [9.17, 15) is 9.18 Å². The molecule has 0 saturated carbocycles. The highest BCUT2D eigenvalue weighted by molar-refractivity contribution is 6.31. The lowest BCUT2D eigenvalue weighted by Gasteiger charge is -2.22. The Morgan fingerprint density at radius 2 is 2.22 bits per heavy atom. The summed E-state index contributed by atoms with van der Waals surface area (Å²) < 4.78 is 13.7. The molecule has 5 heteroatoms. The molecule has 0 aliphatic heterocycles. The van der Waals surface area contributed by atoms with Crippen LogP contribution < -0.4 is 5.73 Å². The number of rotatable bonds is 6. The smallest absolute Gasteiger partial charge is 0.224 e. The van der Waals surface area contributed by atoms with Crippen LogP contribution in [0.4, 0.5) is 4.39 Å². The fourth-order valence-corrected chi connectivity index (χ4v) is 1.94. The fourth-order valence-electron chi connectivity index (χ4n) is 1.72. The monoisotopic (exact) mass is 272 g/mol. The first-order chi connectivity index (χ1) is 8.60. The number of benzene rings is 1. The van der Waals surface area contributed by atoms with Gasteiger partial charge in [-0.2, -0.15) is 0 Å². The Morgan fingerprint density at radius 1 is 1.50 bits per heavy atom. The van der Waals surface area contributed by atoms with Crippen molar-refractivity contribution in [2.45, 2.75) is 26.3 Å². The van der Waals surface area contributed by atoms with Gasteiger partial charge in [-0.15, -0.1) is 0 Å². The Hall–Kier alpha value is -1.13. The van der Waals surface area contributed by atoms with Gasteiger partial charge in [0.05, 0.1) is 0 Å². The molecular weight excluding hydrogens is 255 g/mol. The molecule has 2 N–H and O–H groups in total. The maximum absolute atomic E-state index is 13.7. The van der Waals surface area contributed by atoms with E-state index in [1.54, 1.807) is 17.0 Å². The SMILES string of the molecule is CCCN(Cc1c(F)cccc1Cl)C(=O)CCN. The summed E-state index contributed by atoms with van der Waals surface area (Å²) in [4.78, 5) is 13.4. The first-order valence-electron chi connectivity index (χ1n) is 6.00. The fraction of sp³-hybridized carbons (Fsp3) is 0.462. The van der Waals surface area contributed by atoms with Gasteiger partial charge in [0, 0.05) is 36.6 Å². The number of nitrogens with two attached hydrogens (primary N) is 1. The molecule has 0 unspecified atom stereocenters. The van der Waals surface area contributed by atoms with Gasteiger partial charge in [-0.25, -0.2) is 4.39 Å². The van der Waals surface area contributed by atoms with E-state index in [1.807, 2.05) is 6.92 Å². The maximum Gasteiger partial charge on any atom is 0.224 e. The van der Waals surface area contributed by atoms with E-state index in [1.165, 1.54) is 6.07 Å². The molecule has 0 radical (unpaired) electrons. The molecule has 0 aliphatic rings. The van der Waals surface area contributed by atoms with Gasteiger partial charge in [0.25, 0.3) is 0 Å². The standard InChI is InChI=1S/C13H18ClFN2O/c1-2-8-17(13(18)6-7-16)9-10-11(14)4-3-5-12(10)15/h3-5H,2,6-9,16H2,1H3. The van der Waals surface area contributed by atoms with E-state index in [4.69, 9.17) is 17.3 Å². The molecule has 100 valence electrons. The largest absolute Gasteiger partial charge is 0.338 e. The summed E-state index contributed by atoms with van der Waals surface area (Å²) in [6.07, 6.45) is 1.08. The van der Waals surface area contributed by atoms with Gasteiger partial charge in [-0.3, -0.25) is 4.79 Å². The van der Waals surface area contributed by atoms with E-state index in [2.05, 4.69) is 0 Å². The van der Waals surface area contributed by atoms with Crippen molar-refractivity contribution >= 4 is 17.5 Å². The van der Waals surface area contributed by atoms with Crippen molar-refractivity contribution in [2.24, 2.45) is 5.73 Å². The third-order valence-electron chi connectivity index (χ3n) is 2.62. The van der Waals surface area contributed by atoms with E-state index < -0.39 is 0 Å². The van der Waals surface area contributed by atoms with Gasteiger partial charge in [0.15, 0.2) is 0 Å². The summed E-state index contributed by atoms with van der Waals surface area (Å²) in [6.45, 7) is 3.03. The molecule has 0 spiro atoms. The lowest BCUT2D eigenvalue weighted by molar-refractivity contribution is -0.131. The molecule has 1 rings (SSSR count). The zero-order chi connectivity index (χ0) is 13.5. The Bertz CT molecular complexity index is 392. The van der Waals surface area contributed by atoms with Gasteiger partial charge in [-0.05, 0) is 18.6 Å². The second-order valence-electron chi connectivity index (χ2n) is 4.05. The lowest BCUT2D eigenvalue weighted by atomic mass is 10.2. The van der Waals surface area contributed by atoms with E-state index >= 15 is 0 Å². The molecule has 0 aromatic heterocycles. The molecule has 3 nitrogen and oxygen atoms in total. The van der Waals surface area contributed by atoms with Crippen LogP contribution in [-0.4, -0.2) is 23.9 Å². The zero-order valence-corrected chi connectivity index (χ0v) is 11.2. The highest BCUT2D eigenvalue weighted by Gasteiger charge is 2.16. The molecule has 0 aliphatic carbocycles. The van der Waals surface area contributed by atoms with Gasteiger partial charge >= 0.3 is 0 Å². The van der Waals surface area contributed by atoms with Crippen LogP contribution in [0.2, 0.25) is 5.02 Å². The van der Waals surface area contributed by atoms with Crippen LogP contribution in [-0.2, 0) is 11.3 Å². The van der Waals surface area contributed by atoms with Crippen LogP contribution in [0.25, 0.3) is 0 Å². The van der Waals surface area contributed by atoms with Crippen molar-refractivity contribution in [3.05, 3.63) is 34.6 Å². The number of nitrogens with zero attached hydrogens (tertiary/aromatic N) is 1. The van der Waals surface area contributed by atoms with Crippen molar-refractivity contribution in [3.63, 3.8) is 0 Å². The average Bonchev–Trinajstić information content (AvgIpc) is 2.33. The summed E-state index contributed by atoms with van der Waals surface area (Å²) in [5.74, 6) is -0.456. The number of amides is 1. The molecule has 18 heavy (non-hydrogen) atoms. The van der Waals surface area contributed by atoms with E-state index in [0.29, 0.717) is 23.7 Å². The van der Waals surface area contributed by atoms with Gasteiger partial charge in [-0.1, -0.05) is 24.6 Å². The Labute approximate surface area is 112 Å². The van der Waals surface area contributed by atoms with Crippen LogP contribution in [0.5, 0.6) is 0 Å². The molecule has 1 amide bonds. The highest BCUT2D eigenvalue weighted by Crippen LogP contribution is 2.21. The van der Waals surface area contributed by atoms with Crippen molar-refractivity contribution < 1.29 is 9.18 Å². The highest BCUT2D eigenvalue weighted by atomic mass is 35.5. The molecule has 0 fully saturated rings. The van der Waals surface area contributed by atoms with Crippen molar-refractivity contribution in [1.29, 1.82) is 0 Å². The summed E-state index contributed by atoms with van der Waals surface area (Å²) in [5, 5.41) is 0.344. The third kappa shape index (κ3) is 3.96. The minimum Gasteiger partial charge on any atom is -0.338 e. The Kier molecular flexibility index (Phi) is 6.09. The van der Waals surface area contributed by atoms with E-state index in [0.717, 1.165) is 6.42 Å². The summed E-state index contributed by atoms with van der Waals surface area (Å²) >= 11 is 5.95. The molecular formula is C13H18ClFN2O.